The van der Waals surface area contributed by atoms with E-state index in [0.29, 0.717) is 18.8 Å². The van der Waals surface area contributed by atoms with Crippen LogP contribution in [-0.4, -0.2) is 17.7 Å². The summed E-state index contributed by atoms with van der Waals surface area (Å²) in [6, 6.07) is 3.89. The highest BCUT2D eigenvalue weighted by Crippen LogP contribution is 2.38. The van der Waals surface area contributed by atoms with Crippen LogP contribution in [0.5, 0.6) is 5.75 Å². The molecule has 0 spiro atoms. The summed E-state index contributed by atoms with van der Waals surface area (Å²) in [6.07, 6.45) is 9.42. The normalized spacial score (nSPS) is 28.4. The molecule has 0 bridgehead atoms. The number of amides is 1. The van der Waals surface area contributed by atoms with Crippen molar-refractivity contribution < 1.29 is 13.9 Å². The van der Waals surface area contributed by atoms with Gasteiger partial charge in [0.05, 0.1) is 0 Å². The van der Waals surface area contributed by atoms with Crippen molar-refractivity contribution in [3.05, 3.63) is 42.0 Å². The van der Waals surface area contributed by atoms with E-state index in [-0.39, 0.29) is 12.0 Å². The van der Waals surface area contributed by atoms with E-state index < -0.39 is 5.67 Å². The number of fused-ring (bicyclic) bond motifs is 1. The van der Waals surface area contributed by atoms with Gasteiger partial charge in [0.25, 0.3) is 0 Å². The van der Waals surface area contributed by atoms with Crippen LogP contribution in [-0.2, 0) is 11.2 Å². The molecule has 3 nitrogen and oxygen atoms in total. The topological polar surface area (TPSA) is 38.3 Å². The van der Waals surface area contributed by atoms with Crippen molar-refractivity contribution in [1.29, 1.82) is 0 Å². The van der Waals surface area contributed by atoms with Gasteiger partial charge in [-0.25, -0.2) is 4.39 Å². The summed E-state index contributed by atoms with van der Waals surface area (Å²) in [7, 11) is 0. The maximum absolute atomic E-state index is 13.9. The van der Waals surface area contributed by atoms with Gasteiger partial charge in [0, 0.05) is 23.2 Å². The highest BCUT2D eigenvalue weighted by molar-refractivity contribution is 5.99. The van der Waals surface area contributed by atoms with Gasteiger partial charge in [0.15, 0.2) is 0 Å². The Labute approximate surface area is 149 Å². The Balaban J connectivity index is 1.81. The van der Waals surface area contributed by atoms with Gasteiger partial charge in [0.1, 0.15) is 17.5 Å². The van der Waals surface area contributed by atoms with Gasteiger partial charge in [-0.15, -0.1) is 0 Å². The van der Waals surface area contributed by atoms with Gasteiger partial charge in [-0.2, -0.15) is 0 Å². The highest BCUT2D eigenvalue weighted by atomic mass is 19.1. The average Bonchev–Trinajstić information content (AvgIpc) is 2.93. The number of carbonyl (C=O) groups excluding carboxylic acids is 1. The monoisotopic (exact) mass is 343 g/mol. The number of ether oxygens (including phenoxy) is 1. The van der Waals surface area contributed by atoms with Crippen LogP contribution >= 0.6 is 0 Å². The van der Waals surface area contributed by atoms with E-state index in [1.165, 1.54) is 6.08 Å². The van der Waals surface area contributed by atoms with Gasteiger partial charge < -0.3 is 10.1 Å². The first-order chi connectivity index (χ1) is 11.9. The molecule has 1 heterocycles. The number of rotatable bonds is 4. The van der Waals surface area contributed by atoms with Crippen molar-refractivity contribution in [1.82, 2.24) is 0 Å². The maximum atomic E-state index is 13.9. The van der Waals surface area contributed by atoms with Crippen LogP contribution in [0.15, 0.2) is 30.9 Å². The Morgan fingerprint density at radius 1 is 1.40 bits per heavy atom. The molecular formula is C21H26FNO2. The van der Waals surface area contributed by atoms with Crippen molar-refractivity contribution in [2.24, 2.45) is 5.92 Å². The molecule has 3 rings (SSSR count). The summed E-state index contributed by atoms with van der Waals surface area (Å²) >= 11 is 0. The number of nitrogens with one attached hydrogen (secondary N) is 1. The van der Waals surface area contributed by atoms with Gasteiger partial charge in [-0.3, -0.25) is 4.79 Å². The van der Waals surface area contributed by atoms with Crippen molar-refractivity contribution in [2.75, 3.05) is 5.32 Å². The van der Waals surface area contributed by atoms with Crippen LogP contribution in [0, 0.1) is 5.92 Å². The van der Waals surface area contributed by atoms with Crippen molar-refractivity contribution in [3.8, 4) is 5.75 Å². The number of halogens is 1. The lowest BCUT2D eigenvalue weighted by Crippen LogP contribution is -2.25. The molecule has 134 valence electrons. The zero-order valence-corrected chi connectivity index (χ0v) is 15.0. The first-order valence-electron chi connectivity index (χ1n) is 9.00. The fraction of sp³-hybridized carbons (Fsp3) is 0.476. The van der Waals surface area contributed by atoms with Crippen molar-refractivity contribution >= 4 is 17.7 Å². The second kappa shape index (κ2) is 7.03. The molecular weight excluding hydrogens is 317 g/mol. The number of carbonyl (C=O) groups is 1. The molecule has 1 aromatic rings. The van der Waals surface area contributed by atoms with E-state index in [4.69, 9.17) is 4.74 Å². The molecule has 1 aliphatic carbocycles. The summed E-state index contributed by atoms with van der Waals surface area (Å²) in [6.45, 7) is 7.23. The SMILES string of the molecule is C=CC(=O)Nc1cc(/C=C/C2CCC(C)(F)CC2)c2c(c1)C[C@H](C)O2. The molecule has 1 fully saturated rings. The summed E-state index contributed by atoms with van der Waals surface area (Å²) in [5.41, 5.74) is 1.81. The van der Waals surface area contributed by atoms with E-state index in [1.807, 2.05) is 19.1 Å². The molecule has 1 saturated carbocycles. The van der Waals surface area contributed by atoms with E-state index in [1.54, 1.807) is 6.92 Å². The quantitative estimate of drug-likeness (QED) is 0.776. The predicted octanol–water partition coefficient (Wildman–Crippen LogP) is 5.07. The molecule has 1 amide bonds. The van der Waals surface area contributed by atoms with E-state index in [2.05, 4.69) is 24.0 Å². The molecule has 0 unspecified atom stereocenters. The minimum atomic E-state index is -1.01. The van der Waals surface area contributed by atoms with Crippen LogP contribution in [0.3, 0.4) is 0 Å². The first kappa shape index (κ1) is 17.7. The highest BCUT2D eigenvalue weighted by Gasteiger charge is 2.29. The van der Waals surface area contributed by atoms with Gasteiger partial charge in [0.2, 0.25) is 5.91 Å². The average molecular weight is 343 g/mol. The molecule has 4 heteroatoms. The number of hydrogen-bond donors (Lipinski definition) is 1. The molecule has 0 radical (unpaired) electrons. The smallest absolute Gasteiger partial charge is 0.247 e. The van der Waals surface area contributed by atoms with Crippen LogP contribution < -0.4 is 10.1 Å². The summed E-state index contributed by atoms with van der Waals surface area (Å²) < 4.78 is 19.9. The number of hydrogen-bond acceptors (Lipinski definition) is 2. The summed E-state index contributed by atoms with van der Waals surface area (Å²) in [5.74, 6) is 1.06. The summed E-state index contributed by atoms with van der Waals surface area (Å²) in [4.78, 5) is 11.6. The van der Waals surface area contributed by atoms with Gasteiger partial charge >= 0.3 is 0 Å². The van der Waals surface area contributed by atoms with Crippen LogP contribution in [0.25, 0.3) is 6.08 Å². The van der Waals surface area contributed by atoms with E-state index >= 15 is 0 Å². The summed E-state index contributed by atoms with van der Waals surface area (Å²) in [5, 5.41) is 2.83. The van der Waals surface area contributed by atoms with Crippen LogP contribution in [0.2, 0.25) is 0 Å². The van der Waals surface area contributed by atoms with Gasteiger partial charge in [-0.05, 0) is 63.7 Å². The zero-order chi connectivity index (χ0) is 18.0. The minimum absolute atomic E-state index is 0.134. The third-order valence-electron chi connectivity index (χ3n) is 5.09. The molecule has 0 aromatic heterocycles. The second-order valence-corrected chi connectivity index (χ2v) is 7.49. The van der Waals surface area contributed by atoms with Crippen molar-refractivity contribution in [2.45, 2.75) is 57.7 Å². The molecule has 1 N–H and O–H groups in total. The Morgan fingerprint density at radius 3 is 2.80 bits per heavy atom. The molecule has 0 saturated heterocycles. The third kappa shape index (κ3) is 4.30. The van der Waals surface area contributed by atoms with Crippen molar-refractivity contribution in [3.63, 3.8) is 0 Å². The largest absolute Gasteiger partial charge is 0.489 e. The molecule has 25 heavy (non-hydrogen) atoms. The Hall–Kier alpha value is -2.10. The standard InChI is InChI=1S/C21H26FNO2/c1-4-19(24)23-18-12-16(20-17(13-18)11-14(2)25-20)6-5-15-7-9-21(3,22)10-8-15/h4-6,12-15H,1,7-11H2,2-3H3,(H,23,24)/b6-5+/t14-,15?,21?/m0/s1. The zero-order valence-electron chi connectivity index (χ0n) is 15.0. The Bertz CT molecular complexity index is 698. The maximum Gasteiger partial charge on any atom is 0.247 e. The minimum Gasteiger partial charge on any atom is -0.489 e. The Morgan fingerprint density at radius 2 is 2.12 bits per heavy atom. The molecule has 1 aliphatic heterocycles. The molecule has 1 aromatic carbocycles. The second-order valence-electron chi connectivity index (χ2n) is 7.49. The molecule has 2 aliphatic rings. The lowest BCUT2D eigenvalue weighted by Gasteiger charge is -2.29. The lowest BCUT2D eigenvalue weighted by molar-refractivity contribution is -0.111. The number of allylic oxidation sites excluding steroid dienone is 1. The van der Waals surface area contributed by atoms with E-state index in [9.17, 15) is 9.18 Å². The predicted molar refractivity (Wildman–Crippen MR) is 99.6 cm³/mol. The fourth-order valence-corrected chi connectivity index (χ4v) is 3.62. The number of alkyl halides is 1. The fourth-order valence-electron chi connectivity index (χ4n) is 3.62. The number of anilines is 1. The Kier molecular flexibility index (Phi) is 4.98. The van der Waals surface area contributed by atoms with Crippen LogP contribution in [0.4, 0.5) is 10.1 Å². The number of benzene rings is 1. The van der Waals surface area contributed by atoms with E-state index in [0.717, 1.165) is 41.8 Å². The molecule has 1 atom stereocenters. The van der Waals surface area contributed by atoms with Crippen LogP contribution in [0.1, 0.15) is 50.7 Å². The third-order valence-corrected chi connectivity index (χ3v) is 5.09. The van der Waals surface area contributed by atoms with Gasteiger partial charge in [-0.1, -0.05) is 18.7 Å². The lowest BCUT2D eigenvalue weighted by atomic mass is 9.81. The first-order valence-corrected chi connectivity index (χ1v) is 9.00.